The number of nitrogens with one attached hydrogen (secondary N) is 2. The molecule has 1 amide bonds. The van der Waals surface area contributed by atoms with E-state index < -0.39 is 0 Å². The van der Waals surface area contributed by atoms with Crippen molar-refractivity contribution in [2.45, 2.75) is 32.2 Å². The minimum absolute atomic E-state index is 0.197. The summed E-state index contributed by atoms with van der Waals surface area (Å²) in [6.45, 7) is 4.04. The maximum Gasteiger partial charge on any atom is 0.222 e. The van der Waals surface area contributed by atoms with Crippen LogP contribution in [0.4, 0.5) is 0 Å². The largest absolute Gasteiger partial charge is 0.508 e. The molecule has 0 aliphatic carbocycles. The number of ether oxygens (including phenoxy) is 1. The lowest BCUT2D eigenvalue weighted by Crippen LogP contribution is -2.45. The molecule has 25 heavy (non-hydrogen) atoms. The highest BCUT2D eigenvalue weighted by Gasteiger charge is 2.25. The lowest BCUT2D eigenvalue weighted by atomic mass is 10.1. The molecule has 2 rings (SSSR count). The van der Waals surface area contributed by atoms with Crippen LogP contribution in [0.2, 0.25) is 0 Å². The zero-order valence-corrected chi connectivity index (χ0v) is 15.2. The number of benzene rings is 1. The molecule has 1 atom stereocenters. The monoisotopic (exact) mass is 348 g/mol. The Hall–Kier alpha value is -2.44. The Morgan fingerprint density at radius 3 is 2.92 bits per heavy atom. The normalized spacial score (nSPS) is 17.5. The molecule has 1 saturated heterocycles. The molecule has 7 nitrogen and oxygen atoms in total. The molecule has 1 heterocycles. The molecule has 1 unspecified atom stereocenters. The lowest BCUT2D eigenvalue weighted by Gasteiger charge is -2.19. The zero-order valence-electron chi connectivity index (χ0n) is 15.2. The maximum atomic E-state index is 11.7. The van der Waals surface area contributed by atoms with Crippen molar-refractivity contribution < 1.29 is 14.6 Å². The number of aromatic hydroxyl groups is 1. The minimum atomic E-state index is 0.197. The fourth-order valence-corrected chi connectivity index (χ4v) is 2.91. The number of phenolic OH excluding ortho intramolecular Hbond substituents is 1. The fraction of sp³-hybridized carbons (Fsp3) is 0.556. The van der Waals surface area contributed by atoms with Crippen LogP contribution in [-0.2, 0) is 11.2 Å². The Morgan fingerprint density at radius 1 is 1.48 bits per heavy atom. The van der Waals surface area contributed by atoms with Gasteiger partial charge in [0.2, 0.25) is 5.91 Å². The van der Waals surface area contributed by atoms with Crippen LogP contribution in [0.15, 0.2) is 23.2 Å². The third-order valence-electron chi connectivity index (χ3n) is 4.39. The van der Waals surface area contributed by atoms with Crippen LogP contribution in [0, 0.1) is 0 Å². The van der Waals surface area contributed by atoms with Crippen molar-refractivity contribution in [2.75, 3.05) is 33.8 Å². The van der Waals surface area contributed by atoms with Crippen molar-refractivity contribution in [1.82, 2.24) is 15.5 Å². The van der Waals surface area contributed by atoms with Crippen LogP contribution >= 0.6 is 0 Å². The second kappa shape index (κ2) is 9.15. The summed E-state index contributed by atoms with van der Waals surface area (Å²) in [4.78, 5) is 17.9. The number of rotatable bonds is 6. The average Bonchev–Trinajstić information content (AvgIpc) is 3.09. The third-order valence-corrected chi connectivity index (χ3v) is 4.39. The number of phenols is 1. The van der Waals surface area contributed by atoms with Gasteiger partial charge in [0.15, 0.2) is 5.96 Å². The van der Waals surface area contributed by atoms with E-state index >= 15 is 0 Å². The van der Waals surface area contributed by atoms with E-state index in [1.165, 1.54) is 0 Å². The summed E-state index contributed by atoms with van der Waals surface area (Å²) in [5, 5.41) is 16.6. The molecule has 0 radical (unpaired) electrons. The summed E-state index contributed by atoms with van der Waals surface area (Å²) in [7, 11) is 3.30. The first-order valence-corrected chi connectivity index (χ1v) is 8.68. The number of aliphatic imine (C=N–C) groups is 1. The van der Waals surface area contributed by atoms with Gasteiger partial charge >= 0.3 is 0 Å². The van der Waals surface area contributed by atoms with Crippen LogP contribution in [0.25, 0.3) is 0 Å². The molecule has 1 aromatic rings. The van der Waals surface area contributed by atoms with Gasteiger partial charge in [-0.2, -0.15) is 0 Å². The Kier molecular flexibility index (Phi) is 6.91. The first-order valence-electron chi connectivity index (χ1n) is 8.68. The summed E-state index contributed by atoms with van der Waals surface area (Å²) in [6.07, 6.45) is 2.14. The van der Waals surface area contributed by atoms with Crippen LogP contribution in [0.3, 0.4) is 0 Å². The van der Waals surface area contributed by atoms with E-state index in [9.17, 15) is 9.90 Å². The fourth-order valence-electron chi connectivity index (χ4n) is 2.91. The Morgan fingerprint density at radius 2 is 2.28 bits per heavy atom. The third kappa shape index (κ3) is 5.27. The molecule has 3 N–H and O–H groups in total. The first-order chi connectivity index (χ1) is 12.1. The minimum Gasteiger partial charge on any atom is -0.508 e. The average molecular weight is 348 g/mol. The van der Waals surface area contributed by atoms with Crippen molar-refractivity contribution in [2.24, 2.45) is 4.99 Å². The van der Waals surface area contributed by atoms with Crippen molar-refractivity contribution >= 4 is 11.9 Å². The molecule has 138 valence electrons. The number of hydrogen-bond donors (Lipinski definition) is 3. The van der Waals surface area contributed by atoms with Crippen LogP contribution in [0.5, 0.6) is 11.5 Å². The van der Waals surface area contributed by atoms with Crippen molar-refractivity contribution in [1.29, 1.82) is 0 Å². The number of guanidine groups is 1. The van der Waals surface area contributed by atoms with E-state index in [-0.39, 0.29) is 17.7 Å². The summed E-state index contributed by atoms with van der Waals surface area (Å²) < 4.78 is 5.09. The number of amides is 1. The highest BCUT2D eigenvalue weighted by atomic mass is 16.5. The van der Waals surface area contributed by atoms with E-state index in [4.69, 9.17) is 4.74 Å². The molecule has 1 aromatic carbocycles. The predicted octanol–water partition coefficient (Wildman–Crippen LogP) is 1.12. The highest BCUT2D eigenvalue weighted by molar-refractivity contribution is 5.80. The molecule has 1 aliphatic rings. The van der Waals surface area contributed by atoms with Gasteiger partial charge < -0.3 is 25.4 Å². The molecule has 1 aliphatic heterocycles. The Balaban J connectivity index is 1.78. The summed E-state index contributed by atoms with van der Waals surface area (Å²) >= 11 is 0. The molecular formula is C18H28N4O3. The Labute approximate surface area is 149 Å². The Bertz CT molecular complexity index is 618. The predicted molar refractivity (Wildman–Crippen MR) is 98.1 cm³/mol. The second-order valence-corrected chi connectivity index (χ2v) is 6.07. The molecular weight excluding hydrogens is 320 g/mol. The topological polar surface area (TPSA) is 86.2 Å². The summed E-state index contributed by atoms with van der Waals surface area (Å²) in [5.74, 6) is 1.78. The molecule has 0 bridgehead atoms. The molecule has 7 heteroatoms. The van der Waals surface area contributed by atoms with E-state index in [0.29, 0.717) is 37.6 Å². The quantitative estimate of drug-likeness (QED) is 0.530. The van der Waals surface area contributed by atoms with Crippen molar-refractivity contribution in [3.05, 3.63) is 23.8 Å². The van der Waals surface area contributed by atoms with Gasteiger partial charge in [0.25, 0.3) is 0 Å². The molecule has 0 saturated carbocycles. The van der Waals surface area contributed by atoms with Gasteiger partial charge in [-0.05, 0) is 24.5 Å². The van der Waals surface area contributed by atoms with Crippen LogP contribution < -0.4 is 15.4 Å². The standard InChI is InChI=1S/C18H28N4O3/c1-4-17(24)22-10-8-14(12-22)21-18(19-2)20-9-7-13-5-6-15(25-3)11-16(13)23/h5-6,11,14,23H,4,7-10,12H2,1-3H3,(H2,19,20,21). The van der Waals surface area contributed by atoms with Gasteiger partial charge in [0.05, 0.1) is 7.11 Å². The molecule has 0 aromatic heterocycles. The van der Waals surface area contributed by atoms with Crippen molar-refractivity contribution in [3.63, 3.8) is 0 Å². The van der Waals surface area contributed by atoms with Gasteiger partial charge in [-0.1, -0.05) is 13.0 Å². The van der Waals surface area contributed by atoms with Gasteiger partial charge in [0, 0.05) is 45.2 Å². The highest BCUT2D eigenvalue weighted by Crippen LogP contribution is 2.23. The molecule has 1 fully saturated rings. The van der Waals surface area contributed by atoms with E-state index in [2.05, 4.69) is 15.6 Å². The second-order valence-electron chi connectivity index (χ2n) is 6.07. The van der Waals surface area contributed by atoms with E-state index in [1.807, 2.05) is 24.0 Å². The maximum absolute atomic E-state index is 11.7. The van der Waals surface area contributed by atoms with E-state index in [0.717, 1.165) is 18.5 Å². The summed E-state index contributed by atoms with van der Waals surface area (Å²) in [5.41, 5.74) is 0.851. The summed E-state index contributed by atoms with van der Waals surface area (Å²) in [6, 6.07) is 5.52. The van der Waals surface area contributed by atoms with Gasteiger partial charge in [-0.25, -0.2) is 0 Å². The first kappa shape index (κ1) is 18.9. The lowest BCUT2D eigenvalue weighted by molar-refractivity contribution is -0.129. The van der Waals surface area contributed by atoms with Gasteiger partial charge in [-0.3, -0.25) is 9.79 Å². The van der Waals surface area contributed by atoms with E-state index in [1.54, 1.807) is 20.2 Å². The zero-order chi connectivity index (χ0) is 18.2. The van der Waals surface area contributed by atoms with Crippen molar-refractivity contribution in [3.8, 4) is 11.5 Å². The smallest absolute Gasteiger partial charge is 0.222 e. The van der Waals surface area contributed by atoms with Gasteiger partial charge in [-0.15, -0.1) is 0 Å². The SMILES string of the molecule is CCC(=O)N1CCC(NC(=NC)NCCc2ccc(OC)cc2O)C1. The number of methoxy groups -OCH3 is 1. The van der Waals surface area contributed by atoms with Gasteiger partial charge in [0.1, 0.15) is 11.5 Å². The number of carbonyl (C=O) groups is 1. The van der Waals surface area contributed by atoms with Crippen LogP contribution in [0.1, 0.15) is 25.3 Å². The van der Waals surface area contributed by atoms with Crippen LogP contribution in [-0.4, -0.2) is 61.7 Å². The number of likely N-dealkylation sites (tertiary alicyclic amines) is 1. The number of carbonyl (C=O) groups excluding carboxylic acids is 1. The number of nitrogens with zero attached hydrogens (tertiary/aromatic N) is 2. The molecule has 0 spiro atoms. The number of hydrogen-bond acceptors (Lipinski definition) is 4.